The third-order valence-electron chi connectivity index (χ3n) is 3.31. The number of carboxylic acid groups (broad SMARTS) is 1. The van der Waals surface area contributed by atoms with E-state index in [1.807, 2.05) is 36.4 Å². The highest BCUT2D eigenvalue weighted by Gasteiger charge is 2.04. The second kappa shape index (κ2) is 5.63. The maximum atomic E-state index is 11.0. The summed E-state index contributed by atoms with van der Waals surface area (Å²) in [5.74, 6) is -0.925. The number of nitrogens with one attached hydrogen (secondary N) is 1. The van der Waals surface area contributed by atoms with Gasteiger partial charge >= 0.3 is 5.97 Å². The minimum Gasteiger partial charge on any atom is -0.478 e. The zero-order chi connectivity index (χ0) is 14.7. The number of hydrogen-bond donors (Lipinski definition) is 2. The molecule has 0 atom stereocenters. The monoisotopic (exact) mass is 278 g/mol. The zero-order valence-electron chi connectivity index (χ0n) is 11.3. The van der Waals surface area contributed by atoms with E-state index in [0.717, 1.165) is 22.2 Å². The summed E-state index contributed by atoms with van der Waals surface area (Å²) in [5, 5.41) is 13.3. The van der Waals surface area contributed by atoms with Crippen molar-refractivity contribution in [3.8, 4) is 0 Å². The zero-order valence-corrected chi connectivity index (χ0v) is 11.3. The molecule has 0 saturated heterocycles. The highest BCUT2D eigenvalue weighted by atomic mass is 16.4. The molecule has 4 heteroatoms. The van der Waals surface area contributed by atoms with Gasteiger partial charge in [0.2, 0.25) is 0 Å². The van der Waals surface area contributed by atoms with Gasteiger partial charge in [-0.05, 0) is 29.8 Å². The van der Waals surface area contributed by atoms with Crippen LogP contribution in [-0.4, -0.2) is 16.1 Å². The Labute approximate surface area is 122 Å². The molecule has 4 nitrogen and oxygen atoms in total. The summed E-state index contributed by atoms with van der Waals surface area (Å²) in [4.78, 5) is 15.4. The largest absolute Gasteiger partial charge is 0.478 e. The van der Waals surface area contributed by atoms with Gasteiger partial charge in [-0.25, -0.2) is 4.79 Å². The number of fused-ring (bicyclic) bond motifs is 1. The Morgan fingerprint density at radius 1 is 1.10 bits per heavy atom. The normalized spacial score (nSPS) is 10.5. The van der Waals surface area contributed by atoms with Crippen molar-refractivity contribution in [2.75, 3.05) is 5.32 Å². The number of para-hydroxylation sites is 1. The summed E-state index contributed by atoms with van der Waals surface area (Å²) in [5.41, 5.74) is 3.09. The molecule has 1 aromatic heterocycles. The van der Waals surface area contributed by atoms with Crippen molar-refractivity contribution in [1.82, 2.24) is 4.98 Å². The van der Waals surface area contributed by atoms with Crippen molar-refractivity contribution in [2.24, 2.45) is 0 Å². The number of carboxylic acids is 1. The maximum absolute atomic E-state index is 11.0. The van der Waals surface area contributed by atoms with Gasteiger partial charge in [0.25, 0.3) is 0 Å². The third kappa shape index (κ3) is 2.84. The average Bonchev–Trinajstić information content (AvgIpc) is 2.53. The molecule has 0 radical (unpaired) electrons. The lowest BCUT2D eigenvalue weighted by molar-refractivity contribution is 0.0697. The topological polar surface area (TPSA) is 62.2 Å². The summed E-state index contributed by atoms with van der Waals surface area (Å²) in [7, 11) is 0. The van der Waals surface area contributed by atoms with E-state index in [1.54, 1.807) is 24.4 Å². The summed E-state index contributed by atoms with van der Waals surface area (Å²) in [6.07, 6.45) is 1.77. The molecule has 0 unspecified atom stereocenters. The molecule has 104 valence electrons. The van der Waals surface area contributed by atoms with Crippen LogP contribution in [0.5, 0.6) is 0 Å². The van der Waals surface area contributed by atoms with Crippen LogP contribution in [0.4, 0.5) is 5.69 Å². The number of hydrogen-bond acceptors (Lipinski definition) is 3. The van der Waals surface area contributed by atoms with E-state index in [-0.39, 0.29) is 5.56 Å². The summed E-state index contributed by atoms with van der Waals surface area (Å²) in [6.45, 7) is 0.595. The van der Waals surface area contributed by atoms with Gasteiger partial charge in [-0.3, -0.25) is 4.98 Å². The van der Waals surface area contributed by atoms with Crippen molar-refractivity contribution >= 4 is 22.6 Å². The van der Waals surface area contributed by atoms with E-state index in [0.29, 0.717) is 6.54 Å². The Morgan fingerprint density at radius 2 is 1.90 bits per heavy atom. The second-order valence-electron chi connectivity index (χ2n) is 4.73. The van der Waals surface area contributed by atoms with Gasteiger partial charge < -0.3 is 10.4 Å². The van der Waals surface area contributed by atoms with Gasteiger partial charge in [-0.2, -0.15) is 0 Å². The van der Waals surface area contributed by atoms with Gasteiger partial charge in [0.15, 0.2) is 0 Å². The number of benzene rings is 2. The molecule has 0 spiro atoms. The number of aromatic nitrogens is 1. The lowest BCUT2D eigenvalue weighted by Gasteiger charge is -2.09. The standard InChI is InChI=1S/C17H14N2O2/c20-17(21)13-5-2-8-15(10-13)19-11-14-6-1-4-12-7-3-9-18-16(12)14/h1-10,19H,11H2,(H,20,21). The molecule has 0 amide bonds. The van der Waals surface area contributed by atoms with Crippen molar-refractivity contribution in [3.63, 3.8) is 0 Å². The first-order valence-electron chi connectivity index (χ1n) is 6.64. The first-order chi connectivity index (χ1) is 10.2. The Morgan fingerprint density at radius 3 is 2.76 bits per heavy atom. The number of pyridine rings is 1. The summed E-state index contributed by atoms with van der Waals surface area (Å²) < 4.78 is 0. The van der Waals surface area contributed by atoms with Gasteiger partial charge in [0.1, 0.15) is 0 Å². The molecule has 0 fully saturated rings. The second-order valence-corrected chi connectivity index (χ2v) is 4.73. The van der Waals surface area contributed by atoms with E-state index >= 15 is 0 Å². The van der Waals surface area contributed by atoms with E-state index in [1.165, 1.54) is 0 Å². The van der Waals surface area contributed by atoms with Crippen LogP contribution in [-0.2, 0) is 6.54 Å². The fourth-order valence-electron chi connectivity index (χ4n) is 2.27. The van der Waals surface area contributed by atoms with Gasteiger partial charge in [0.05, 0.1) is 11.1 Å². The van der Waals surface area contributed by atoms with Crippen LogP contribution >= 0.6 is 0 Å². The number of carbonyl (C=O) groups is 1. The van der Waals surface area contributed by atoms with Crippen LogP contribution in [0.15, 0.2) is 60.8 Å². The molecule has 21 heavy (non-hydrogen) atoms. The van der Waals surface area contributed by atoms with Crippen LogP contribution in [0.2, 0.25) is 0 Å². The molecule has 0 bridgehead atoms. The van der Waals surface area contributed by atoms with E-state index < -0.39 is 5.97 Å². The Balaban J connectivity index is 1.84. The van der Waals surface area contributed by atoms with Crippen LogP contribution in [0.1, 0.15) is 15.9 Å². The van der Waals surface area contributed by atoms with Gasteiger partial charge in [0, 0.05) is 23.8 Å². The highest BCUT2D eigenvalue weighted by molar-refractivity contribution is 5.88. The van der Waals surface area contributed by atoms with Crippen molar-refractivity contribution < 1.29 is 9.90 Å². The molecule has 2 N–H and O–H groups in total. The third-order valence-corrected chi connectivity index (χ3v) is 3.31. The first kappa shape index (κ1) is 13.1. The van der Waals surface area contributed by atoms with E-state index in [4.69, 9.17) is 5.11 Å². The van der Waals surface area contributed by atoms with Crippen LogP contribution in [0.25, 0.3) is 10.9 Å². The molecular weight excluding hydrogens is 264 g/mol. The number of anilines is 1. The van der Waals surface area contributed by atoms with Crippen LogP contribution in [0.3, 0.4) is 0 Å². The number of aromatic carboxylic acids is 1. The lowest BCUT2D eigenvalue weighted by atomic mass is 10.1. The van der Waals surface area contributed by atoms with Gasteiger partial charge in [-0.15, -0.1) is 0 Å². The molecule has 0 aliphatic rings. The predicted octanol–water partition coefficient (Wildman–Crippen LogP) is 3.55. The Kier molecular flexibility index (Phi) is 3.51. The number of nitrogens with zero attached hydrogens (tertiary/aromatic N) is 1. The molecule has 1 heterocycles. The summed E-state index contributed by atoms with van der Waals surface area (Å²) >= 11 is 0. The smallest absolute Gasteiger partial charge is 0.335 e. The molecule has 3 aromatic rings. The minimum atomic E-state index is -0.925. The molecule has 3 rings (SSSR count). The molecular formula is C17H14N2O2. The predicted molar refractivity (Wildman–Crippen MR) is 82.5 cm³/mol. The Hall–Kier alpha value is -2.88. The first-order valence-corrected chi connectivity index (χ1v) is 6.64. The van der Waals surface area contributed by atoms with Crippen molar-refractivity contribution in [2.45, 2.75) is 6.54 Å². The maximum Gasteiger partial charge on any atom is 0.335 e. The van der Waals surface area contributed by atoms with Gasteiger partial charge in [-0.1, -0.05) is 30.3 Å². The average molecular weight is 278 g/mol. The molecule has 0 aliphatic heterocycles. The minimum absolute atomic E-state index is 0.274. The quantitative estimate of drug-likeness (QED) is 0.766. The van der Waals surface area contributed by atoms with Crippen LogP contribution < -0.4 is 5.32 Å². The summed E-state index contributed by atoms with van der Waals surface area (Å²) in [6, 6.07) is 16.8. The van der Waals surface area contributed by atoms with Crippen molar-refractivity contribution in [3.05, 3.63) is 71.9 Å². The Bertz CT molecular complexity index is 794. The van der Waals surface area contributed by atoms with Crippen molar-refractivity contribution in [1.29, 1.82) is 0 Å². The van der Waals surface area contributed by atoms with Crippen LogP contribution in [0, 0.1) is 0 Å². The van der Waals surface area contributed by atoms with E-state index in [2.05, 4.69) is 10.3 Å². The highest BCUT2D eigenvalue weighted by Crippen LogP contribution is 2.18. The molecule has 2 aromatic carbocycles. The fraction of sp³-hybridized carbons (Fsp3) is 0.0588. The SMILES string of the molecule is O=C(O)c1cccc(NCc2cccc3cccnc23)c1. The number of rotatable bonds is 4. The fourth-order valence-corrected chi connectivity index (χ4v) is 2.27. The lowest BCUT2D eigenvalue weighted by Crippen LogP contribution is -2.02. The molecule has 0 aliphatic carbocycles. The van der Waals surface area contributed by atoms with E-state index in [9.17, 15) is 4.79 Å². The molecule has 0 saturated carbocycles.